The quantitative estimate of drug-likeness (QED) is 0.350. The van der Waals surface area contributed by atoms with E-state index in [1.807, 2.05) is 31.2 Å². The largest absolute Gasteiger partial charge is 0.503 e. The smallest absolute Gasteiger partial charge is 0.294 e. The number of fused-ring (bicyclic) bond motifs is 1. The molecule has 0 saturated carbocycles. The van der Waals surface area contributed by atoms with Gasteiger partial charge >= 0.3 is 0 Å². The Labute approximate surface area is 200 Å². The standard InChI is InChI=1S/C27H20ClNO5/c1-15-6-3-4-9-20(15)24-23(25(30)22-13-16-12-17(28)10-11-21(16)34-22)26(31)27(32)29(24)18-7-5-8-19(14-18)33-2/h3-14,24,31H,1-2H3. The van der Waals surface area contributed by atoms with Crippen molar-refractivity contribution in [3.63, 3.8) is 0 Å². The fourth-order valence-electron chi connectivity index (χ4n) is 4.31. The molecule has 0 aliphatic carbocycles. The maximum atomic E-state index is 13.7. The Morgan fingerprint density at radius 2 is 1.85 bits per heavy atom. The molecule has 1 N–H and O–H groups in total. The van der Waals surface area contributed by atoms with Gasteiger partial charge < -0.3 is 14.3 Å². The van der Waals surface area contributed by atoms with E-state index in [0.717, 1.165) is 5.56 Å². The Bertz CT molecular complexity index is 1490. The van der Waals surface area contributed by atoms with Crippen molar-refractivity contribution in [3.8, 4) is 5.75 Å². The molecule has 3 aromatic carbocycles. The van der Waals surface area contributed by atoms with E-state index in [1.165, 1.54) is 12.0 Å². The van der Waals surface area contributed by atoms with Crippen molar-refractivity contribution < 1.29 is 23.8 Å². The number of amides is 1. The van der Waals surface area contributed by atoms with Crippen molar-refractivity contribution in [2.45, 2.75) is 13.0 Å². The van der Waals surface area contributed by atoms with E-state index in [1.54, 1.807) is 48.5 Å². The molecule has 4 aromatic rings. The molecule has 0 saturated heterocycles. The topological polar surface area (TPSA) is 80.0 Å². The van der Waals surface area contributed by atoms with Gasteiger partial charge in [-0.3, -0.25) is 14.5 Å². The van der Waals surface area contributed by atoms with E-state index in [2.05, 4.69) is 0 Å². The Kier molecular flexibility index (Phi) is 5.38. The van der Waals surface area contributed by atoms with Gasteiger partial charge in [-0.05, 0) is 54.4 Å². The second-order valence-corrected chi connectivity index (χ2v) is 8.46. The second kappa shape index (κ2) is 8.39. The van der Waals surface area contributed by atoms with Gasteiger partial charge in [-0.25, -0.2) is 0 Å². The first kappa shape index (κ1) is 21.8. The molecule has 1 aliphatic rings. The number of methoxy groups -OCH3 is 1. The average molecular weight is 474 g/mol. The number of benzene rings is 3. The minimum Gasteiger partial charge on any atom is -0.503 e. The summed E-state index contributed by atoms with van der Waals surface area (Å²) >= 11 is 6.07. The molecule has 1 aliphatic heterocycles. The van der Waals surface area contributed by atoms with Crippen LogP contribution in [0.5, 0.6) is 5.75 Å². The molecule has 1 aromatic heterocycles. The van der Waals surface area contributed by atoms with Gasteiger partial charge in [-0.2, -0.15) is 0 Å². The number of furan rings is 1. The number of aliphatic hydroxyl groups is 1. The zero-order valence-corrected chi connectivity index (χ0v) is 19.2. The van der Waals surface area contributed by atoms with Crippen LogP contribution in [-0.4, -0.2) is 23.9 Å². The Balaban J connectivity index is 1.68. The van der Waals surface area contributed by atoms with Crippen molar-refractivity contribution in [1.82, 2.24) is 0 Å². The van der Waals surface area contributed by atoms with Crippen molar-refractivity contribution >= 4 is 39.9 Å². The molecule has 170 valence electrons. The molecule has 34 heavy (non-hydrogen) atoms. The lowest BCUT2D eigenvalue weighted by Crippen LogP contribution is -2.31. The zero-order chi connectivity index (χ0) is 24.0. The van der Waals surface area contributed by atoms with Gasteiger partial charge in [-0.1, -0.05) is 41.9 Å². The van der Waals surface area contributed by atoms with Crippen LogP contribution in [0.1, 0.15) is 27.7 Å². The normalized spacial score (nSPS) is 15.9. The third-order valence-electron chi connectivity index (χ3n) is 5.97. The summed E-state index contributed by atoms with van der Waals surface area (Å²) in [5.41, 5.74) is 2.50. The lowest BCUT2D eigenvalue weighted by molar-refractivity contribution is -0.117. The first-order valence-corrected chi connectivity index (χ1v) is 11.0. The van der Waals surface area contributed by atoms with Crippen LogP contribution < -0.4 is 9.64 Å². The third kappa shape index (κ3) is 3.53. The molecule has 0 fully saturated rings. The number of hydrogen-bond donors (Lipinski definition) is 1. The predicted molar refractivity (Wildman–Crippen MR) is 130 cm³/mol. The molecule has 7 heteroatoms. The van der Waals surface area contributed by atoms with Crippen LogP contribution in [0.3, 0.4) is 0 Å². The minimum absolute atomic E-state index is 0.0118. The van der Waals surface area contributed by atoms with Gasteiger partial charge in [0.05, 0.1) is 18.7 Å². The lowest BCUT2D eigenvalue weighted by Gasteiger charge is -2.28. The number of nitrogens with zero attached hydrogens (tertiary/aromatic N) is 1. The van der Waals surface area contributed by atoms with Gasteiger partial charge in [0.1, 0.15) is 11.3 Å². The van der Waals surface area contributed by atoms with Crippen LogP contribution in [0.4, 0.5) is 5.69 Å². The second-order valence-electron chi connectivity index (χ2n) is 8.02. The Hall–Kier alpha value is -4.03. The molecular formula is C27H20ClNO5. The fourth-order valence-corrected chi connectivity index (χ4v) is 4.49. The summed E-state index contributed by atoms with van der Waals surface area (Å²) in [4.78, 5) is 28.5. The summed E-state index contributed by atoms with van der Waals surface area (Å²) in [5, 5.41) is 12.1. The van der Waals surface area contributed by atoms with Crippen LogP contribution in [0.15, 0.2) is 88.5 Å². The minimum atomic E-state index is -0.856. The molecule has 1 amide bonds. The number of halogens is 1. The van der Waals surface area contributed by atoms with Crippen molar-refractivity contribution in [1.29, 1.82) is 0 Å². The molecule has 1 atom stereocenters. The number of ether oxygens (including phenoxy) is 1. The first-order valence-electron chi connectivity index (χ1n) is 10.6. The summed E-state index contributed by atoms with van der Waals surface area (Å²) in [6, 6.07) is 20.1. The Morgan fingerprint density at radius 3 is 2.62 bits per heavy atom. The van der Waals surface area contributed by atoms with Gasteiger partial charge in [0.25, 0.3) is 5.91 Å². The van der Waals surface area contributed by atoms with Gasteiger partial charge in [0, 0.05) is 22.2 Å². The van der Waals surface area contributed by atoms with E-state index in [9.17, 15) is 14.7 Å². The van der Waals surface area contributed by atoms with Crippen molar-refractivity contribution in [2.24, 2.45) is 0 Å². The Morgan fingerprint density at radius 1 is 1.06 bits per heavy atom. The van der Waals surface area contributed by atoms with Crippen LogP contribution >= 0.6 is 11.6 Å². The van der Waals surface area contributed by atoms with E-state index >= 15 is 0 Å². The molecule has 6 nitrogen and oxygen atoms in total. The number of ketones is 1. The predicted octanol–water partition coefficient (Wildman–Crippen LogP) is 6.19. The summed E-state index contributed by atoms with van der Waals surface area (Å²) in [5.74, 6) is -1.31. The third-order valence-corrected chi connectivity index (χ3v) is 6.20. The average Bonchev–Trinajstić information content (AvgIpc) is 3.37. The number of carbonyl (C=O) groups excluding carboxylic acids is 2. The molecule has 2 heterocycles. The van der Waals surface area contributed by atoms with Gasteiger partial charge in [0.15, 0.2) is 11.5 Å². The number of aliphatic hydroxyl groups excluding tert-OH is 1. The van der Waals surface area contributed by atoms with Crippen molar-refractivity contribution in [2.75, 3.05) is 12.0 Å². The van der Waals surface area contributed by atoms with Crippen LogP contribution in [0.2, 0.25) is 5.02 Å². The summed E-state index contributed by atoms with van der Waals surface area (Å²) in [6.45, 7) is 1.89. The summed E-state index contributed by atoms with van der Waals surface area (Å²) in [6.07, 6.45) is 0. The molecule has 0 bridgehead atoms. The van der Waals surface area contributed by atoms with Gasteiger partial charge in [-0.15, -0.1) is 0 Å². The monoisotopic (exact) mass is 473 g/mol. The highest BCUT2D eigenvalue weighted by molar-refractivity contribution is 6.31. The van der Waals surface area contributed by atoms with E-state index in [4.69, 9.17) is 20.8 Å². The zero-order valence-electron chi connectivity index (χ0n) is 18.4. The summed E-state index contributed by atoms with van der Waals surface area (Å²) < 4.78 is 11.1. The summed E-state index contributed by atoms with van der Waals surface area (Å²) in [7, 11) is 1.53. The molecule has 5 rings (SSSR count). The molecule has 0 radical (unpaired) electrons. The molecular weight excluding hydrogens is 454 g/mol. The van der Waals surface area contributed by atoms with E-state index in [-0.39, 0.29) is 11.3 Å². The number of aryl methyl sites for hydroxylation is 1. The van der Waals surface area contributed by atoms with E-state index < -0.39 is 23.5 Å². The molecule has 0 spiro atoms. The number of hydrogen-bond acceptors (Lipinski definition) is 5. The highest BCUT2D eigenvalue weighted by Gasteiger charge is 2.45. The highest BCUT2D eigenvalue weighted by atomic mass is 35.5. The number of rotatable bonds is 5. The highest BCUT2D eigenvalue weighted by Crippen LogP contribution is 2.43. The maximum Gasteiger partial charge on any atom is 0.294 e. The first-order chi connectivity index (χ1) is 16.4. The van der Waals surface area contributed by atoms with Crippen LogP contribution in [-0.2, 0) is 4.79 Å². The SMILES string of the molecule is COc1cccc(N2C(=O)C(O)=C(C(=O)c3cc4cc(Cl)ccc4o3)C2c2ccccc2C)c1. The lowest BCUT2D eigenvalue weighted by atomic mass is 9.92. The maximum absolute atomic E-state index is 13.7. The van der Waals surface area contributed by atoms with Crippen LogP contribution in [0, 0.1) is 6.92 Å². The van der Waals surface area contributed by atoms with Gasteiger partial charge in [0.2, 0.25) is 5.78 Å². The van der Waals surface area contributed by atoms with Crippen LogP contribution in [0.25, 0.3) is 11.0 Å². The van der Waals surface area contributed by atoms with Crippen molar-refractivity contribution in [3.05, 3.63) is 106 Å². The number of Topliss-reactive ketones (excluding diaryl/α,β-unsaturated/α-hetero) is 1. The number of carbonyl (C=O) groups is 2. The number of anilines is 1. The van der Waals surface area contributed by atoms with E-state index in [0.29, 0.717) is 33.0 Å². The fraction of sp³-hybridized carbons (Fsp3) is 0.111. The molecule has 1 unspecified atom stereocenters.